The van der Waals surface area contributed by atoms with Crippen LogP contribution in [-0.4, -0.2) is 54.7 Å². The molecule has 0 aromatic carbocycles. The number of rotatable bonds is 11. The molecule has 0 unspecified atom stereocenters. The number of nitrogens with one attached hydrogen (secondary N) is 2. The van der Waals surface area contributed by atoms with E-state index in [1.54, 1.807) is 13.4 Å². The number of ether oxygens (including phenoxy) is 1. The van der Waals surface area contributed by atoms with Gasteiger partial charge in [-0.1, -0.05) is 20.8 Å². The van der Waals surface area contributed by atoms with E-state index in [0.717, 1.165) is 50.8 Å². The Bertz CT molecular complexity index is 400. The van der Waals surface area contributed by atoms with Crippen LogP contribution in [0.5, 0.6) is 5.75 Å². The molecule has 1 rings (SSSR count). The van der Waals surface area contributed by atoms with Crippen molar-refractivity contribution in [1.29, 1.82) is 0 Å². The zero-order chi connectivity index (χ0) is 15.5. The Hall–Kier alpha value is -1.56. The van der Waals surface area contributed by atoms with Gasteiger partial charge in [0.15, 0.2) is 11.6 Å². The fourth-order valence-electron chi connectivity index (χ4n) is 2.14. The predicted octanol–water partition coefficient (Wildman–Crippen LogP) is 2.45. The molecule has 1 heterocycles. The van der Waals surface area contributed by atoms with Crippen LogP contribution in [-0.2, 0) is 0 Å². The highest BCUT2D eigenvalue weighted by molar-refractivity contribution is 5.63. The molecule has 0 atom stereocenters. The molecular formula is C15H29N5O. The fourth-order valence-corrected chi connectivity index (χ4v) is 2.14. The summed E-state index contributed by atoms with van der Waals surface area (Å²) >= 11 is 0. The second kappa shape index (κ2) is 10.2. The molecule has 2 N–H and O–H groups in total. The zero-order valence-corrected chi connectivity index (χ0v) is 13.8. The lowest BCUT2D eigenvalue weighted by molar-refractivity contribution is 0.299. The van der Waals surface area contributed by atoms with Crippen molar-refractivity contribution in [2.75, 3.05) is 50.5 Å². The lowest BCUT2D eigenvalue weighted by Gasteiger charge is -2.20. The van der Waals surface area contributed by atoms with E-state index >= 15 is 0 Å². The summed E-state index contributed by atoms with van der Waals surface area (Å²) in [7, 11) is 1.65. The molecule has 0 saturated heterocycles. The van der Waals surface area contributed by atoms with Gasteiger partial charge >= 0.3 is 0 Å². The van der Waals surface area contributed by atoms with Crippen molar-refractivity contribution >= 4 is 11.6 Å². The predicted molar refractivity (Wildman–Crippen MR) is 88.3 cm³/mol. The van der Waals surface area contributed by atoms with Crippen molar-refractivity contribution in [3.05, 3.63) is 6.33 Å². The van der Waals surface area contributed by atoms with Crippen LogP contribution in [0.3, 0.4) is 0 Å². The Morgan fingerprint density at radius 1 is 1.00 bits per heavy atom. The van der Waals surface area contributed by atoms with Gasteiger partial charge in [0, 0.05) is 19.6 Å². The molecule has 0 aliphatic rings. The summed E-state index contributed by atoms with van der Waals surface area (Å²) in [5, 5.41) is 6.60. The number of methoxy groups -OCH3 is 1. The Morgan fingerprint density at radius 2 is 1.67 bits per heavy atom. The van der Waals surface area contributed by atoms with Crippen molar-refractivity contribution in [1.82, 2.24) is 14.9 Å². The van der Waals surface area contributed by atoms with Crippen LogP contribution in [0.15, 0.2) is 6.33 Å². The van der Waals surface area contributed by atoms with Gasteiger partial charge in [0.05, 0.1) is 7.11 Å². The minimum absolute atomic E-state index is 0.685. The maximum absolute atomic E-state index is 5.44. The van der Waals surface area contributed by atoms with Crippen molar-refractivity contribution in [3.8, 4) is 5.75 Å². The third kappa shape index (κ3) is 5.75. The van der Waals surface area contributed by atoms with E-state index in [1.807, 2.05) is 0 Å². The van der Waals surface area contributed by atoms with E-state index in [0.29, 0.717) is 5.75 Å². The highest BCUT2D eigenvalue weighted by atomic mass is 16.5. The van der Waals surface area contributed by atoms with E-state index in [2.05, 4.69) is 46.3 Å². The highest BCUT2D eigenvalue weighted by Crippen LogP contribution is 2.28. The van der Waals surface area contributed by atoms with Gasteiger partial charge in [-0.2, -0.15) is 0 Å². The van der Waals surface area contributed by atoms with Gasteiger partial charge in [-0.3, -0.25) is 0 Å². The molecule has 0 bridgehead atoms. The Balaban J connectivity index is 2.61. The van der Waals surface area contributed by atoms with E-state index in [4.69, 9.17) is 4.74 Å². The van der Waals surface area contributed by atoms with E-state index in [-0.39, 0.29) is 0 Å². The van der Waals surface area contributed by atoms with Gasteiger partial charge in [-0.05, 0) is 25.9 Å². The average Bonchev–Trinajstić information content (AvgIpc) is 2.52. The number of likely N-dealkylation sites (N-methyl/N-ethyl adjacent to an activating group) is 1. The molecule has 1 aromatic rings. The van der Waals surface area contributed by atoms with Crippen molar-refractivity contribution in [2.24, 2.45) is 0 Å². The lowest BCUT2D eigenvalue weighted by atomic mass is 10.4. The van der Waals surface area contributed by atoms with E-state index in [9.17, 15) is 0 Å². The fraction of sp³-hybridized carbons (Fsp3) is 0.733. The largest absolute Gasteiger partial charge is 0.490 e. The number of nitrogens with zero attached hydrogens (tertiary/aromatic N) is 3. The molecule has 0 spiro atoms. The highest BCUT2D eigenvalue weighted by Gasteiger charge is 2.11. The van der Waals surface area contributed by atoms with Crippen LogP contribution in [0.25, 0.3) is 0 Å². The van der Waals surface area contributed by atoms with Gasteiger partial charge < -0.3 is 20.3 Å². The molecule has 0 saturated carbocycles. The summed E-state index contributed by atoms with van der Waals surface area (Å²) in [6.07, 6.45) is 3.78. The first-order valence-electron chi connectivity index (χ1n) is 7.85. The van der Waals surface area contributed by atoms with Gasteiger partial charge in [0.25, 0.3) is 0 Å². The number of anilines is 2. The first-order valence-corrected chi connectivity index (χ1v) is 7.85. The summed E-state index contributed by atoms with van der Waals surface area (Å²) in [4.78, 5) is 10.9. The van der Waals surface area contributed by atoms with E-state index < -0.39 is 0 Å². The number of hydrogen-bond acceptors (Lipinski definition) is 6. The van der Waals surface area contributed by atoms with Crippen molar-refractivity contribution in [3.63, 3.8) is 0 Å². The Kier molecular flexibility index (Phi) is 8.50. The van der Waals surface area contributed by atoms with Gasteiger partial charge in [-0.15, -0.1) is 0 Å². The van der Waals surface area contributed by atoms with Gasteiger partial charge in [0.1, 0.15) is 6.33 Å². The topological polar surface area (TPSA) is 62.3 Å². The van der Waals surface area contributed by atoms with Crippen LogP contribution in [0.1, 0.15) is 33.6 Å². The Morgan fingerprint density at radius 3 is 2.19 bits per heavy atom. The molecule has 6 heteroatoms. The van der Waals surface area contributed by atoms with Crippen LogP contribution < -0.4 is 15.4 Å². The van der Waals surface area contributed by atoms with Crippen LogP contribution in [0.4, 0.5) is 11.6 Å². The summed E-state index contributed by atoms with van der Waals surface area (Å²) in [6, 6.07) is 0. The van der Waals surface area contributed by atoms with Crippen LogP contribution in [0, 0.1) is 0 Å². The smallest absolute Gasteiger partial charge is 0.204 e. The summed E-state index contributed by atoms with van der Waals surface area (Å²) in [5.41, 5.74) is 0. The Labute approximate surface area is 128 Å². The maximum atomic E-state index is 5.44. The van der Waals surface area contributed by atoms with Crippen LogP contribution in [0.2, 0.25) is 0 Å². The molecule has 0 radical (unpaired) electrons. The van der Waals surface area contributed by atoms with Crippen LogP contribution >= 0.6 is 0 Å². The monoisotopic (exact) mass is 295 g/mol. The maximum Gasteiger partial charge on any atom is 0.204 e. The summed E-state index contributed by atoms with van der Waals surface area (Å²) in [6.45, 7) is 11.4. The third-order valence-corrected chi connectivity index (χ3v) is 3.26. The molecule has 0 aliphatic carbocycles. The third-order valence-electron chi connectivity index (χ3n) is 3.26. The quantitative estimate of drug-likeness (QED) is 0.654. The minimum Gasteiger partial charge on any atom is -0.490 e. The molecule has 0 amide bonds. The molecule has 1 aromatic heterocycles. The SMILES string of the molecule is CCCNc1ncnc(NCCN(CC)CCC)c1OC. The summed E-state index contributed by atoms with van der Waals surface area (Å²) in [5.74, 6) is 2.18. The molecule has 120 valence electrons. The average molecular weight is 295 g/mol. The molecule has 6 nitrogen and oxygen atoms in total. The molecular weight excluding hydrogens is 266 g/mol. The standard InChI is InChI=1S/C15H29N5O/c1-5-8-16-14-13(21-4)15(19-12-18-14)17-9-11-20(7-3)10-6-2/h12H,5-11H2,1-4H3,(H2,16,17,18,19). The van der Waals surface area contributed by atoms with Crippen molar-refractivity contribution in [2.45, 2.75) is 33.6 Å². The normalized spacial score (nSPS) is 10.7. The first-order chi connectivity index (χ1) is 10.3. The van der Waals surface area contributed by atoms with Gasteiger partial charge in [-0.25, -0.2) is 9.97 Å². The lowest BCUT2D eigenvalue weighted by Crippen LogP contribution is -2.29. The molecule has 0 fully saturated rings. The second-order valence-electron chi connectivity index (χ2n) is 4.89. The molecule has 0 aliphatic heterocycles. The zero-order valence-electron chi connectivity index (χ0n) is 13.8. The number of aromatic nitrogens is 2. The van der Waals surface area contributed by atoms with Crippen molar-refractivity contribution < 1.29 is 4.74 Å². The molecule has 21 heavy (non-hydrogen) atoms. The first kappa shape index (κ1) is 17.5. The van der Waals surface area contributed by atoms with E-state index in [1.165, 1.54) is 6.42 Å². The summed E-state index contributed by atoms with van der Waals surface area (Å²) < 4.78 is 5.44. The van der Waals surface area contributed by atoms with Gasteiger partial charge in [0.2, 0.25) is 5.75 Å². The second-order valence-corrected chi connectivity index (χ2v) is 4.89. The number of hydrogen-bond donors (Lipinski definition) is 2. The minimum atomic E-state index is 0.685.